The van der Waals surface area contributed by atoms with Crippen molar-refractivity contribution in [1.29, 1.82) is 0 Å². The Morgan fingerprint density at radius 3 is 2.35 bits per heavy atom. The van der Waals surface area contributed by atoms with E-state index in [1.807, 2.05) is 6.26 Å². The van der Waals surface area contributed by atoms with Gasteiger partial charge in [0, 0.05) is 18.8 Å². The minimum Gasteiger partial charge on any atom is -0.478 e. The molecule has 0 radical (unpaired) electrons. The van der Waals surface area contributed by atoms with Crippen LogP contribution in [-0.4, -0.2) is 60.0 Å². The SMILES string of the molecule is CN[C@@H](CCCCN)C(=O)C[C@@H](CC[S+](C)CC(=O)O)C(C)=O. The number of nitrogens with two attached hydrogens (primary N) is 1. The van der Waals surface area contributed by atoms with E-state index in [4.69, 9.17) is 10.8 Å². The van der Waals surface area contributed by atoms with E-state index in [2.05, 4.69) is 5.32 Å². The largest absolute Gasteiger partial charge is 0.478 e. The van der Waals surface area contributed by atoms with Gasteiger partial charge in [0.25, 0.3) is 0 Å². The summed E-state index contributed by atoms with van der Waals surface area (Å²) in [5, 5.41) is 11.8. The first-order valence-electron chi connectivity index (χ1n) is 8.03. The lowest BCUT2D eigenvalue weighted by Gasteiger charge is -2.18. The average Bonchev–Trinajstić information content (AvgIpc) is 2.46. The van der Waals surface area contributed by atoms with Gasteiger partial charge < -0.3 is 16.2 Å². The number of carbonyl (C=O) groups is 3. The van der Waals surface area contributed by atoms with Crippen molar-refractivity contribution >= 4 is 28.4 Å². The number of hydrogen-bond donors (Lipinski definition) is 3. The van der Waals surface area contributed by atoms with Crippen LogP contribution in [0.2, 0.25) is 0 Å². The normalized spacial score (nSPS) is 15.0. The first-order valence-corrected chi connectivity index (χ1v) is 10.00. The number of carboxylic acids is 1. The molecule has 0 saturated heterocycles. The maximum absolute atomic E-state index is 12.4. The first-order chi connectivity index (χ1) is 10.8. The highest BCUT2D eigenvalue weighted by Crippen LogP contribution is 2.16. The third-order valence-corrected chi connectivity index (χ3v) is 5.56. The number of aliphatic carboxylic acids is 1. The van der Waals surface area contributed by atoms with Crippen molar-refractivity contribution in [2.24, 2.45) is 11.7 Å². The van der Waals surface area contributed by atoms with Gasteiger partial charge in [0.2, 0.25) is 5.75 Å². The van der Waals surface area contributed by atoms with E-state index in [0.29, 0.717) is 18.7 Å². The van der Waals surface area contributed by atoms with Crippen LogP contribution in [0.4, 0.5) is 0 Å². The van der Waals surface area contributed by atoms with Crippen LogP contribution in [0.5, 0.6) is 0 Å². The van der Waals surface area contributed by atoms with Gasteiger partial charge in [-0.1, -0.05) is 6.42 Å². The molecule has 0 spiro atoms. The molecule has 0 rings (SSSR count). The van der Waals surface area contributed by atoms with Gasteiger partial charge >= 0.3 is 5.97 Å². The minimum atomic E-state index is -0.818. The second kappa shape index (κ2) is 12.5. The Morgan fingerprint density at radius 2 is 1.87 bits per heavy atom. The number of nitrogens with one attached hydrogen (secondary N) is 1. The Labute approximate surface area is 141 Å². The number of carboxylic acid groups (broad SMARTS) is 1. The molecule has 7 heteroatoms. The van der Waals surface area contributed by atoms with E-state index >= 15 is 0 Å². The van der Waals surface area contributed by atoms with Gasteiger partial charge in [-0.15, -0.1) is 0 Å². The number of ketones is 2. The summed E-state index contributed by atoms with van der Waals surface area (Å²) in [6.45, 7) is 2.12. The van der Waals surface area contributed by atoms with Crippen molar-refractivity contribution in [3.05, 3.63) is 0 Å². The summed E-state index contributed by atoms with van der Waals surface area (Å²) in [7, 11) is 1.49. The van der Waals surface area contributed by atoms with E-state index in [0.717, 1.165) is 19.3 Å². The molecule has 1 unspecified atom stereocenters. The summed E-state index contributed by atoms with van der Waals surface area (Å²) in [5.74, 6) is -0.280. The number of hydrogen-bond acceptors (Lipinski definition) is 5. The average molecular weight is 348 g/mol. The second-order valence-electron chi connectivity index (χ2n) is 5.92. The Hall–Kier alpha value is -0.920. The Morgan fingerprint density at radius 1 is 1.22 bits per heavy atom. The molecule has 0 aromatic heterocycles. The van der Waals surface area contributed by atoms with Gasteiger partial charge in [-0.3, -0.25) is 9.59 Å². The second-order valence-corrected chi connectivity index (χ2v) is 8.18. The summed E-state index contributed by atoms with van der Waals surface area (Å²) >= 11 is 0. The van der Waals surface area contributed by atoms with Crippen molar-refractivity contribution in [1.82, 2.24) is 5.32 Å². The van der Waals surface area contributed by atoms with Crippen LogP contribution < -0.4 is 11.1 Å². The molecule has 6 nitrogen and oxygen atoms in total. The molecule has 0 aliphatic carbocycles. The van der Waals surface area contributed by atoms with E-state index < -0.39 is 5.97 Å². The summed E-state index contributed by atoms with van der Waals surface area (Å²) in [6.07, 6.45) is 5.19. The predicted molar refractivity (Wildman–Crippen MR) is 94.8 cm³/mol. The third kappa shape index (κ3) is 10.5. The Balaban J connectivity index is 4.46. The summed E-state index contributed by atoms with van der Waals surface area (Å²) in [4.78, 5) is 34.8. The molecule has 0 bridgehead atoms. The molecule has 4 N–H and O–H groups in total. The summed E-state index contributed by atoms with van der Waals surface area (Å²) < 4.78 is 0. The standard InChI is InChI=1S/C16H30N2O4S/c1-12(19)13(7-9-23(3)11-16(21)22)10-15(20)14(18-2)6-4-5-8-17/h13-14,18H,4-11,17H2,1-3H3/p+1/t13-,14+,23?/m1/s1. The molecule has 0 aliphatic rings. The fourth-order valence-corrected chi connectivity index (χ4v) is 3.67. The highest BCUT2D eigenvalue weighted by Gasteiger charge is 2.26. The zero-order valence-corrected chi connectivity index (χ0v) is 15.3. The molecular weight excluding hydrogens is 316 g/mol. The number of rotatable bonds is 14. The van der Waals surface area contributed by atoms with E-state index in [9.17, 15) is 14.4 Å². The number of carbonyl (C=O) groups excluding carboxylic acids is 2. The van der Waals surface area contributed by atoms with Crippen LogP contribution in [0.15, 0.2) is 0 Å². The van der Waals surface area contributed by atoms with Gasteiger partial charge in [0.15, 0.2) is 0 Å². The van der Waals surface area contributed by atoms with Crippen LogP contribution in [0, 0.1) is 5.92 Å². The maximum Gasteiger partial charge on any atom is 0.353 e. The predicted octanol–water partition coefficient (Wildman–Crippen LogP) is 0.591. The quantitative estimate of drug-likeness (QED) is 0.313. The van der Waals surface area contributed by atoms with Gasteiger partial charge in [0.05, 0.1) is 12.3 Å². The summed E-state index contributed by atoms with van der Waals surface area (Å²) in [5.41, 5.74) is 5.46. The first kappa shape index (κ1) is 22.1. The number of Topliss-reactive ketones (excluding diaryl/α,β-unsaturated/α-hetero) is 2. The molecule has 0 fully saturated rings. The highest BCUT2D eigenvalue weighted by atomic mass is 32.2. The molecular formula is C16H31N2O4S+. The molecule has 3 atom stereocenters. The summed E-state index contributed by atoms with van der Waals surface area (Å²) in [6, 6.07) is -0.234. The monoisotopic (exact) mass is 347 g/mol. The van der Waals surface area contributed by atoms with Gasteiger partial charge in [-0.25, -0.2) is 4.79 Å². The lowest BCUT2D eigenvalue weighted by atomic mass is 9.91. The van der Waals surface area contributed by atoms with Gasteiger partial charge in [-0.2, -0.15) is 0 Å². The van der Waals surface area contributed by atoms with Crippen molar-refractivity contribution in [2.75, 3.05) is 31.4 Å². The van der Waals surface area contributed by atoms with Crippen LogP contribution in [0.1, 0.15) is 39.0 Å². The molecule has 0 aromatic carbocycles. The van der Waals surface area contributed by atoms with Crippen molar-refractivity contribution in [3.8, 4) is 0 Å². The van der Waals surface area contributed by atoms with Crippen molar-refractivity contribution in [2.45, 2.75) is 45.1 Å². The zero-order chi connectivity index (χ0) is 17.8. The smallest absolute Gasteiger partial charge is 0.353 e. The van der Waals surface area contributed by atoms with E-state index in [-0.39, 0.29) is 46.6 Å². The van der Waals surface area contributed by atoms with Crippen molar-refractivity contribution in [3.63, 3.8) is 0 Å². The fourth-order valence-electron chi connectivity index (χ4n) is 2.42. The van der Waals surface area contributed by atoms with E-state index in [1.54, 1.807) is 7.05 Å². The number of likely N-dealkylation sites (N-methyl/N-ethyl adjacent to an activating group) is 1. The zero-order valence-electron chi connectivity index (χ0n) is 14.5. The number of unbranched alkanes of at least 4 members (excludes halogenated alkanes) is 1. The fraction of sp³-hybridized carbons (Fsp3) is 0.812. The molecule has 0 aliphatic heterocycles. The molecule has 0 aromatic rings. The van der Waals surface area contributed by atoms with Crippen LogP contribution in [0.25, 0.3) is 0 Å². The van der Waals surface area contributed by atoms with E-state index in [1.165, 1.54) is 6.92 Å². The van der Waals surface area contributed by atoms with Gasteiger partial charge in [0.1, 0.15) is 17.3 Å². The lowest BCUT2D eigenvalue weighted by molar-refractivity contribution is -0.134. The Bertz CT molecular complexity index is 390. The van der Waals surface area contributed by atoms with Crippen molar-refractivity contribution < 1.29 is 19.5 Å². The molecule has 23 heavy (non-hydrogen) atoms. The highest BCUT2D eigenvalue weighted by molar-refractivity contribution is 7.96. The molecule has 0 heterocycles. The van der Waals surface area contributed by atoms with Crippen LogP contribution in [0.3, 0.4) is 0 Å². The van der Waals surface area contributed by atoms with Crippen LogP contribution in [-0.2, 0) is 25.3 Å². The lowest BCUT2D eigenvalue weighted by Crippen LogP contribution is -2.36. The molecule has 0 amide bonds. The Kier molecular flexibility index (Phi) is 12.0. The van der Waals surface area contributed by atoms with Gasteiger partial charge in [-0.05, 0) is 44.3 Å². The molecule has 134 valence electrons. The maximum atomic E-state index is 12.4. The molecule has 0 saturated carbocycles. The topological polar surface area (TPSA) is 109 Å². The third-order valence-electron chi connectivity index (χ3n) is 3.89. The van der Waals surface area contributed by atoms with Crippen LogP contribution >= 0.6 is 0 Å². The minimum absolute atomic E-state index is 0.00230.